The summed E-state index contributed by atoms with van der Waals surface area (Å²) in [5.41, 5.74) is 4.75. The largest absolute Gasteiger partial charge is 0.325 e. The van der Waals surface area contributed by atoms with E-state index in [1.54, 1.807) is 12.1 Å². The lowest BCUT2D eigenvalue weighted by Gasteiger charge is -2.13. The van der Waals surface area contributed by atoms with Crippen LogP contribution in [0.3, 0.4) is 0 Å². The molecule has 1 amide bonds. The minimum absolute atomic E-state index is 0.0916. The van der Waals surface area contributed by atoms with Crippen molar-refractivity contribution in [2.24, 2.45) is 0 Å². The topological polar surface area (TPSA) is 64.0 Å². The maximum absolute atomic E-state index is 13.8. The maximum atomic E-state index is 13.8. The van der Waals surface area contributed by atoms with Crippen LogP contribution in [-0.2, 0) is 4.79 Å². The molecule has 0 aliphatic carbocycles. The van der Waals surface area contributed by atoms with Crippen molar-refractivity contribution < 1.29 is 9.18 Å². The van der Waals surface area contributed by atoms with Gasteiger partial charge in [0.25, 0.3) is 5.56 Å². The summed E-state index contributed by atoms with van der Waals surface area (Å²) in [5, 5.41) is 5.71. The summed E-state index contributed by atoms with van der Waals surface area (Å²) in [5.74, 6) is -0.427. The second kappa shape index (κ2) is 10.1. The van der Waals surface area contributed by atoms with Crippen molar-refractivity contribution in [2.75, 3.05) is 11.1 Å². The van der Waals surface area contributed by atoms with Gasteiger partial charge in [-0.2, -0.15) is 0 Å². The van der Waals surface area contributed by atoms with Crippen LogP contribution in [0, 0.1) is 19.7 Å². The third-order valence-corrected chi connectivity index (χ3v) is 7.55. The van der Waals surface area contributed by atoms with E-state index in [1.165, 1.54) is 39.8 Å². The lowest BCUT2D eigenvalue weighted by Crippen LogP contribution is -2.22. The van der Waals surface area contributed by atoms with Crippen LogP contribution in [-0.4, -0.2) is 21.2 Å². The molecule has 0 radical (unpaired) electrons. The van der Waals surface area contributed by atoms with Gasteiger partial charge in [0, 0.05) is 16.6 Å². The van der Waals surface area contributed by atoms with Crippen LogP contribution in [0.2, 0.25) is 0 Å². The third kappa shape index (κ3) is 4.82. The van der Waals surface area contributed by atoms with Crippen LogP contribution in [0.4, 0.5) is 10.1 Å². The van der Waals surface area contributed by atoms with E-state index in [0.717, 1.165) is 22.4 Å². The summed E-state index contributed by atoms with van der Waals surface area (Å²) in [6.07, 6.45) is 0. The molecule has 3 aromatic carbocycles. The Morgan fingerprint density at radius 1 is 1.06 bits per heavy atom. The Kier molecular flexibility index (Phi) is 6.71. The van der Waals surface area contributed by atoms with E-state index in [-0.39, 0.29) is 23.0 Å². The van der Waals surface area contributed by atoms with E-state index >= 15 is 0 Å². The monoisotopic (exact) mass is 515 g/mol. The Balaban J connectivity index is 1.52. The van der Waals surface area contributed by atoms with E-state index in [4.69, 9.17) is 4.98 Å². The Morgan fingerprint density at radius 3 is 2.53 bits per heavy atom. The Bertz CT molecular complexity index is 1630. The van der Waals surface area contributed by atoms with Crippen LogP contribution in [0.1, 0.15) is 11.1 Å². The molecule has 0 atom stereocenters. The number of thiophene rings is 1. The normalized spacial score (nSPS) is 11.1. The fraction of sp³-hybridized carbons (Fsp3) is 0.107. The van der Waals surface area contributed by atoms with Gasteiger partial charge in [0.15, 0.2) is 5.16 Å². The maximum Gasteiger partial charge on any atom is 0.268 e. The molecule has 0 bridgehead atoms. The number of nitrogens with one attached hydrogen (secondary N) is 1. The van der Waals surface area contributed by atoms with Crippen molar-refractivity contribution >= 4 is 44.9 Å². The van der Waals surface area contributed by atoms with Crippen LogP contribution in [0.5, 0.6) is 0 Å². The highest BCUT2D eigenvalue weighted by molar-refractivity contribution is 7.99. The molecular weight excluding hydrogens is 493 g/mol. The summed E-state index contributed by atoms with van der Waals surface area (Å²) in [6, 6.07) is 21.2. The van der Waals surface area contributed by atoms with E-state index in [2.05, 4.69) is 5.32 Å². The van der Waals surface area contributed by atoms with E-state index in [9.17, 15) is 14.0 Å². The second-order valence-corrected chi connectivity index (χ2v) is 10.2. The number of hydrogen-bond donors (Lipinski definition) is 1. The predicted octanol–water partition coefficient (Wildman–Crippen LogP) is 6.60. The number of hydrogen-bond acceptors (Lipinski definition) is 5. The standard InChI is InChI=1S/C28H22FN3O2S2/c1-17-8-13-23(18(2)14-17)30-24(33)16-36-28-31-26-25(27(34)32(28)21-6-4-3-5-7-21)22(15-35-26)19-9-11-20(29)12-10-19/h3-15H,16H2,1-2H3,(H,30,33). The minimum Gasteiger partial charge on any atom is -0.325 e. The highest BCUT2D eigenvalue weighted by Crippen LogP contribution is 2.33. The van der Waals surface area contributed by atoms with Crippen molar-refractivity contribution in [2.45, 2.75) is 19.0 Å². The summed E-state index contributed by atoms with van der Waals surface area (Å²) in [4.78, 5) is 31.9. The van der Waals surface area contributed by atoms with Crippen molar-refractivity contribution in [1.82, 2.24) is 9.55 Å². The number of benzene rings is 3. The molecule has 0 saturated carbocycles. The van der Waals surface area contributed by atoms with Crippen LogP contribution in [0.15, 0.2) is 88.1 Å². The Labute approximate surface area is 215 Å². The van der Waals surface area contributed by atoms with Gasteiger partial charge in [-0.3, -0.25) is 14.2 Å². The van der Waals surface area contributed by atoms with Gasteiger partial charge in [-0.05, 0) is 55.3 Å². The molecular formula is C28H22FN3O2S2. The lowest BCUT2D eigenvalue weighted by atomic mass is 10.1. The van der Waals surface area contributed by atoms with E-state index < -0.39 is 0 Å². The average Bonchev–Trinajstić information content (AvgIpc) is 3.30. The molecule has 5 nitrogen and oxygen atoms in total. The lowest BCUT2D eigenvalue weighted by molar-refractivity contribution is -0.113. The molecule has 180 valence electrons. The molecule has 0 aliphatic heterocycles. The first-order valence-electron chi connectivity index (χ1n) is 11.3. The van der Waals surface area contributed by atoms with Crippen LogP contribution >= 0.6 is 23.1 Å². The van der Waals surface area contributed by atoms with Gasteiger partial charge in [-0.25, -0.2) is 9.37 Å². The molecule has 0 fully saturated rings. The fourth-order valence-corrected chi connectivity index (χ4v) is 5.79. The fourth-order valence-electron chi connectivity index (χ4n) is 3.99. The minimum atomic E-state index is -0.337. The number of halogens is 1. The Morgan fingerprint density at radius 2 is 1.81 bits per heavy atom. The number of carbonyl (C=O) groups is 1. The second-order valence-electron chi connectivity index (χ2n) is 8.36. The number of aromatic nitrogens is 2. The molecule has 0 unspecified atom stereocenters. The van der Waals surface area contributed by atoms with Gasteiger partial charge in [0.2, 0.25) is 5.91 Å². The van der Waals surface area contributed by atoms with Gasteiger partial charge in [0.05, 0.1) is 16.8 Å². The highest BCUT2D eigenvalue weighted by Gasteiger charge is 2.19. The van der Waals surface area contributed by atoms with Gasteiger partial charge in [-0.1, -0.05) is 59.8 Å². The number of rotatable bonds is 6. The molecule has 0 spiro atoms. The number of aryl methyl sites for hydroxylation is 2. The zero-order valence-corrected chi connectivity index (χ0v) is 21.3. The van der Waals surface area contributed by atoms with Gasteiger partial charge >= 0.3 is 0 Å². The highest BCUT2D eigenvalue weighted by atomic mass is 32.2. The molecule has 8 heteroatoms. The van der Waals surface area contributed by atoms with Crippen molar-refractivity contribution in [3.8, 4) is 16.8 Å². The van der Waals surface area contributed by atoms with E-state index in [0.29, 0.717) is 26.6 Å². The van der Waals surface area contributed by atoms with Crippen molar-refractivity contribution in [3.05, 3.63) is 105 Å². The summed E-state index contributed by atoms with van der Waals surface area (Å²) in [7, 11) is 0. The summed E-state index contributed by atoms with van der Waals surface area (Å²) < 4.78 is 15.0. The predicted molar refractivity (Wildman–Crippen MR) is 146 cm³/mol. The first-order valence-corrected chi connectivity index (χ1v) is 13.1. The smallest absolute Gasteiger partial charge is 0.268 e. The average molecular weight is 516 g/mol. The molecule has 36 heavy (non-hydrogen) atoms. The zero-order chi connectivity index (χ0) is 25.2. The molecule has 1 N–H and O–H groups in total. The number of para-hydroxylation sites is 1. The SMILES string of the molecule is Cc1ccc(NC(=O)CSc2nc3scc(-c4ccc(F)cc4)c3c(=O)n2-c2ccccc2)c(C)c1. The Hall–Kier alpha value is -3.75. The van der Waals surface area contributed by atoms with Gasteiger partial charge < -0.3 is 5.32 Å². The molecule has 2 aromatic heterocycles. The van der Waals surface area contributed by atoms with Crippen LogP contribution in [0.25, 0.3) is 27.0 Å². The quantitative estimate of drug-likeness (QED) is 0.204. The van der Waals surface area contributed by atoms with Crippen molar-refractivity contribution in [1.29, 1.82) is 0 Å². The third-order valence-electron chi connectivity index (χ3n) is 5.74. The van der Waals surface area contributed by atoms with Gasteiger partial charge in [-0.15, -0.1) is 11.3 Å². The summed E-state index contributed by atoms with van der Waals surface area (Å²) in [6.45, 7) is 3.96. The zero-order valence-electron chi connectivity index (χ0n) is 19.6. The first-order chi connectivity index (χ1) is 17.4. The first kappa shape index (κ1) is 24.0. The molecule has 5 rings (SSSR count). The van der Waals surface area contributed by atoms with Crippen molar-refractivity contribution in [3.63, 3.8) is 0 Å². The number of nitrogens with zero attached hydrogens (tertiary/aromatic N) is 2. The molecule has 0 aliphatic rings. The number of carbonyl (C=O) groups excluding carboxylic acids is 1. The number of amides is 1. The molecule has 0 saturated heterocycles. The summed E-state index contributed by atoms with van der Waals surface area (Å²) >= 11 is 2.56. The molecule has 5 aromatic rings. The number of thioether (sulfide) groups is 1. The van der Waals surface area contributed by atoms with Crippen LogP contribution < -0.4 is 10.9 Å². The molecule has 2 heterocycles. The number of fused-ring (bicyclic) bond motifs is 1. The number of anilines is 1. The van der Waals surface area contributed by atoms with Gasteiger partial charge in [0.1, 0.15) is 10.6 Å². The van der Waals surface area contributed by atoms with E-state index in [1.807, 2.05) is 67.8 Å².